The summed E-state index contributed by atoms with van der Waals surface area (Å²) in [5, 5.41) is 0. The molecule has 0 fully saturated rings. The maximum atomic E-state index is 13.0. The molecule has 478 valence electrons. The highest BCUT2D eigenvalue weighted by atomic mass is 16.6. The van der Waals surface area contributed by atoms with Crippen molar-refractivity contribution in [1.29, 1.82) is 0 Å². The van der Waals surface area contributed by atoms with E-state index in [0.717, 1.165) is 77.0 Å². The van der Waals surface area contributed by atoms with Crippen molar-refractivity contribution in [2.24, 2.45) is 0 Å². The summed E-state index contributed by atoms with van der Waals surface area (Å²) in [5.74, 6) is -0.849. The van der Waals surface area contributed by atoms with Crippen LogP contribution in [0.4, 0.5) is 0 Å². The molecular formula is C75H142O6. The summed E-state index contributed by atoms with van der Waals surface area (Å²) in [4.78, 5) is 38.5. The van der Waals surface area contributed by atoms with Gasteiger partial charge >= 0.3 is 17.9 Å². The molecule has 0 aliphatic rings. The molecule has 6 heteroatoms. The van der Waals surface area contributed by atoms with Crippen molar-refractivity contribution in [3.63, 3.8) is 0 Å². The molecule has 0 aliphatic carbocycles. The molecule has 0 rings (SSSR count). The summed E-state index contributed by atoms with van der Waals surface area (Å²) in [6.45, 7) is 6.69. The van der Waals surface area contributed by atoms with Gasteiger partial charge in [-0.15, -0.1) is 0 Å². The molecule has 0 aromatic carbocycles. The molecule has 0 saturated carbocycles. The van der Waals surface area contributed by atoms with Gasteiger partial charge in [0, 0.05) is 19.3 Å². The lowest BCUT2D eigenvalue weighted by atomic mass is 10.0. The molecule has 0 spiro atoms. The minimum absolute atomic E-state index is 0.0691. The third-order valence-electron chi connectivity index (χ3n) is 17.0. The van der Waals surface area contributed by atoms with Crippen LogP contribution in [0, 0.1) is 0 Å². The van der Waals surface area contributed by atoms with Gasteiger partial charge in [-0.05, 0) is 51.4 Å². The highest BCUT2D eigenvalue weighted by Gasteiger charge is 2.20. The van der Waals surface area contributed by atoms with Crippen LogP contribution in [-0.4, -0.2) is 37.2 Å². The Morgan fingerprint density at radius 3 is 0.704 bits per heavy atom. The van der Waals surface area contributed by atoms with Crippen LogP contribution in [0.15, 0.2) is 24.3 Å². The number of esters is 3. The van der Waals surface area contributed by atoms with Gasteiger partial charge < -0.3 is 14.2 Å². The summed E-state index contributed by atoms with van der Waals surface area (Å²) in [7, 11) is 0. The number of carbonyl (C=O) groups excluding carboxylic acids is 3. The monoisotopic (exact) mass is 1140 g/mol. The lowest BCUT2D eigenvalue weighted by molar-refractivity contribution is -0.167. The molecule has 0 bridgehead atoms. The summed E-state index contributed by atoms with van der Waals surface area (Å²) in [5.41, 5.74) is 0. The van der Waals surface area contributed by atoms with E-state index in [0.29, 0.717) is 19.3 Å². The van der Waals surface area contributed by atoms with Crippen molar-refractivity contribution in [2.45, 2.75) is 425 Å². The van der Waals surface area contributed by atoms with E-state index in [1.54, 1.807) is 0 Å². The molecule has 1 atom stereocenters. The highest BCUT2D eigenvalue weighted by Crippen LogP contribution is 2.19. The molecule has 1 unspecified atom stereocenters. The van der Waals surface area contributed by atoms with E-state index in [1.807, 2.05) is 0 Å². The average molecular weight is 1140 g/mol. The number of unbranched alkanes of at least 4 members (excludes halogenated alkanes) is 54. The van der Waals surface area contributed by atoms with Gasteiger partial charge in [0.2, 0.25) is 0 Å². The molecule has 0 saturated heterocycles. The van der Waals surface area contributed by atoms with Crippen LogP contribution in [0.5, 0.6) is 0 Å². The number of carbonyl (C=O) groups is 3. The predicted molar refractivity (Wildman–Crippen MR) is 353 cm³/mol. The van der Waals surface area contributed by atoms with Crippen LogP contribution >= 0.6 is 0 Å². The largest absolute Gasteiger partial charge is 0.462 e. The predicted octanol–water partition coefficient (Wildman–Crippen LogP) is 25.3. The van der Waals surface area contributed by atoms with Crippen molar-refractivity contribution < 1.29 is 28.6 Å². The highest BCUT2D eigenvalue weighted by molar-refractivity contribution is 5.71. The van der Waals surface area contributed by atoms with Gasteiger partial charge in [0.05, 0.1) is 0 Å². The molecule has 0 amide bonds. The first kappa shape index (κ1) is 78.9. The Bertz CT molecular complexity index is 1310. The zero-order valence-corrected chi connectivity index (χ0v) is 55.1. The quantitative estimate of drug-likeness (QED) is 0.0261. The van der Waals surface area contributed by atoms with Gasteiger partial charge in [0.15, 0.2) is 6.10 Å². The Hall–Kier alpha value is -2.11. The molecule has 0 radical (unpaired) electrons. The lowest BCUT2D eigenvalue weighted by Crippen LogP contribution is -2.30. The zero-order chi connectivity index (χ0) is 58.5. The van der Waals surface area contributed by atoms with Crippen molar-refractivity contribution in [3.8, 4) is 0 Å². The minimum Gasteiger partial charge on any atom is -0.462 e. The number of allylic oxidation sites excluding steroid dienone is 4. The maximum absolute atomic E-state index is 13.0. The van der Waals surface area contributed by atoms with Crippen LogP contribution < -0.4 is 0 Å². The van der Waals surface area contributed by atoms with Gasteiger partial charge in [-0.2, -0.15) is 0 Å². The van der Waals surface area contributed by atoms with E-state index in [2.05, 4.69) is 45.1 Å². The van der Waals surface area contributed by atoms with Crippen molar-refractivity contribution in [3.05, 3.63) is 24.3 Å². The second-order valence-corrected chi connectivity index (χ2v) is 25.2. The molecule has 0 aromatic rings. The topological polar surface area (TPSA) is 78.9 Å². The first-order valence-corrected chi connectivity index (χ1v) is 36.8. The average Bonchev–Trinajstić information content (AvgIpc) is 3.47. The van der Waals surface area contributed by atoms with Crippen molar-refractivity contribution in [2.75, 3.05) is 13.2 Å². The summed E-state index contributed by atoms with van der Waals surface area (Å²) >= 11 is 0. The van der Waals surface area contributed by atoms with E-state index < -0.39 is 6.10 Å². The Labute approximate surface area is 506 Å². The van der Waals surface area contributed by atoms with E-state index in [1.165, 1.54) is 302 Å². The summed E-state index contributed by atoms with van der Waals surface area (Å²) in [6, 6.07) is 0. The Kier molecular flexibility index (Phi) is 68.5. The fourth-order valence-corrected chi connectivity index (χ4v) is 11.4. The fourth-order valence-electron chi connectivity index (χ4n) is 11.4. The maximum Gasteiger partial charge on any atom is 0.306 e. The van der Waals surface area contributed by atoms with E-state index in [4.69, 9.17) is 14.2 Å². The Balaban J connectivity index is 4.19. The Morgan fingerprint density at radius 2 is 0.444 bits per heavy atom. The van der Waals surface area contributed by atoms with Gasteiger partial charge in [0.25, 0.3) is 0 Å². The van der Waals surface area contributed by atoms with Crippen LogP contribution in [0.1, 0.15) is 419 Å². The molecule has 0 aliphatic heterocycles. The van der Waals surface area contributed by atoms with E-state index >= 15 is 0 Å². The second kappa shape index (κ2) is 70.4. The first-order valence-electron chi connectivity index (χ1n) is 36.8. The molecule has 0 heterocycles. The lowest BCUT2D eigenvalue weighted by Gasteiger charge is -2.18. The second-order valence-electron chi connectivity index (χ2n) is 25.2. The van der Waals surface area contributed by atoms with Crippen LogP contribution in [0.25, 0.3) is 0 Å². The molecule has 0 aromatic heterocycles. The van der Waals surface area contributed by atoms with Crippen LogP contribution in [0.2, 0.25) is 0 Å². The van der Waals surface area contributed by atoms with Crippen molar-refractivity contribution >= 4 is 17.9 Å². The van der Waals surface area contributed by atoms with Gasteiger partial charge in [0.1, 0.15) is 13.2 Å². The summed E-state index contributed by atoms with van der Waals surface area (Å²) < 4.78 is 17.0. The number of ether oxygens (including phenoxy) is 3. The minimum atomic E-state index is -0.774. The standard InChI is InChI=1S/C75H142O6/c1-4-7-10-13-16-19-22-25-28-30-32-33-34-35-36-37-38-39-40-41-43-44-47-50-53-56-59-62-65-68-74(77)80-71-72(70-79-73(76)67-64-61-58-55-52-49-46-27-24-21-18-15-12-9-6-3)81-75(78)69-66-63-60-57-54-51-48-45-42-31-29-26-23-20-17-14-11-8-5-2/h18,21,27,46,72H,4-17,19-20,22-26,28-45,47-71H2,1-3H3/b21-18-,46-27-. The molecule has 6 nitrogen and oxygen atoms in total. The number of rotatable bonds is 69. The van der Waals surface area contributed by atoms with E-state index in [-0.39, 0.29) is 31.1 Å². The normalized spacial score (nSPS) is 12.1. The molecule has 0 N–H and O–H groups in total. The smallest absolute Gasteiger partial charge is 0.306 e. The number of hydrogen-bond acceptors (Lipinski definition) is 6. The SMILES string of the molecule is CCCCC/C=C\C/C=C\CCCCCCCC(=O)OCC(COC(=O)CCCCCCCCCCCCCCCCCCCCCCCCCCCCCCC)OC(=O)CCCCCCCCCCCCCCCCCCCCC. The van der Waals surface area contributed by atoms with Gasteiger partial charge in [-0.3, -0.25) is 14.4 Å². The fraction of sp³-hybridized carbons (Fsp3) is 0.907. The van der Waals surface area contributed by atoms with Gasteiger partial charge in [-0.25, -0.2) is 0 Å². The third-order valence-corrected chi connectivity index (χ3v) is 17.0. The molecular weight excluding hydrogens is 997 g/mol. The van der Waals surface area contributed by atoms with Crippen LogP contribution in [0.3, 0.4) is 0 Å². The zero-order valence-electron chi connectivity index (χ0n) is 55.1. The van der Waals surface area contributed by atoms with Crippen LogP contribution in [-0.2, 0) is 28.6 Å². The van der Waals surface area contributed by atoms with E-state index in [9.17, 15) is 14.4 Å². The number of hydrogen-bond donors (Lipinski definition) is 0. The summed E-state index contributed by atoms with van der Waals surface area (Å²) in [6.07, 6.45) is 86.5. The third kappa shape index (κ3) is 68.6. The first-order chi connectivity index (χ1) is 40.0. The molecule has 81 heavy (non-hydrogen) atoms. The van der Waals surface area contributed by atoms with Crippen molar-refractivity contribution in [1.82, 2.24) is 0 Å². The Morgan fingerprint density at radius 1 is 0.247 bits per heavy atom. The van der Waals surface area contributed by atoms with Gasteiger partial charge in [-0.1, -0.05) is 373 Å².